The molecule has 118 valence electrons. The number of ether oxygens (including phenoxy) is 3. The van der Waals surface area contributed by atoms with E-state index in [9.17, 15) is 14.9 Å². The highest BCUT2D eigenvalue weighted by molar-refractivity contribution is 5.76. The maximum absolute atomic E-state index is 12.0. The van der Waals surface area contributed by atoms with Gasteiger partial charge in [0.1, 0.15) is 13.2 Å². The Balaban J connectivity index is 1.60. The van der Waals surface area contributed by atoms with E-state index in [4.69, 9.17) is 14.2 Å². The number of nitrogens with zero attached hydrogens (tertiary/aromatic N) is 1. The largest absolute Gasteiger partial charge is 0.485 e. The molecule has 0 radical (unpaired) electrons. The molecular formula is C16H13NO6. The molecule has 1 heterocycles. The molecule has 23 heavy (non-hydrogen) atoms. The van der Waals surface area contributed by atoms with E-state index in [0.29, 0.717) is 17.1 Å². The van der Waals surface area contributed by atoms with Gasteiger partial charge in [-0.1, -0.05) is 24.3 Å². The van der Waals surface area contributed by atoms with Gasteiger partial charge in [0.2, 0.25) is 6.10 Å². The van der Waals surface area contributed by atoms with Crippen molar-refractivity contribution in [1.29, 1.82) is 0 Å². The maximum atomic E-state index is 12.0. The van der Waals surface area contributed by atoms with E-state index in [1.54, 1.807) is 24.3 Å². The molecule has 0 spiro atoms. The Morgan fingerprint density at radius 3 is 2.78 bits per heavy atom. The molecular weight excluding hydrogens is 302 g/mol. The van der Waals surface area contributed by atoms with E-state index in [2.05, 4.69) is 0 Å². The summed E-state index contributed by atoms with van der Waals surface area (Å²) in [6, 6.07) is 13.0. The minimum absolute atomic E-state index is 0.0512. The predicted octanol–water partition coefficient (Wildman–Crippen LogP) is 2.48. The van der Waals surface area contributed by atoms with Crippen molar-refractivity contribution in [2.45, 2.75) is 12.7 Å². The van der Waals surface area contributed by atoms with Crippen molar-refractivity contribution in [2.24, 2.45) is 0 Å². The monoisotopic (exact) mass is 315 g/mol. The molecule has 7 nitrogen and oxygen atoms in total. The molecule has 3 rings (SSSR count). The number of carbonyl (C=O) groups excluding carboxylic acids is 1. The lowest BCUT2D eigenvalue weighted by Crippen LogP contribution is -2.37. The topological polar surface area (TPSA) is 87.9 Å². The van der Waals surface area contributed by atoms with Gasteiger partial charge in [0, 0.05) is 12.1 Å². The van der Waals surface area contributed by atoms with Gasteiger partial charge in [-0.05, 0) is 17.7 Å². The number of rotatable bonds is 4. The molecule has 1 aliphatic rings. The van der Waals surface area contributed by atoms with Gasteiger partial charge in [-0.15, -0.1) is 0 Å². The molecule has 0 bridgehead atoms. The van der Waals surface area contributed by atoms with E-state index in [1.807, 2.05) is 6.07 Å². The number of nitro groups is 1. The SMILES string of the molecule is O=C(OCc1cccc([N+](=O)[O-])c1)[C@@H]1COc2ccccc2O1. The standard InChI is InChI=1S/C16H13NO6/c18-16(15-10-21-13-6-1-2-7-14(13)23-15)22-9-11-4-3-5-12(8-11)17(19)20/h1-8,15H,9-10H2/t15-/m0/s1. The fourth-order valence-electron chi connectivity index (χ4n) is 2.14. The molecule has 2 aromatic rings. The molecule has 0 N–H and O–H groups in total. The highest BCUT2D eigenvalue weighted by Gasteiger charge is 2.28. The number of non-ortho nitro benzene ring substituents is 1. The molecule has 7 heteroatoms. The number of esters is 1. The van der Waals surface area contributed by atoms with Crippen LogP contribution in [0.15, 0.2) is 48.5 Å². The average molecular weight is 315 g/mol. The first-order valence-corrected chi connectivity index (χ1v) is 6.92. The number of nitro benzene ring substituents is 1. The second-order valence-corrected chi connectivity index (χ2v) is 4.90. The summed E-state index contributed by atoms with van der Waals surface area (Å²) < 4.78 is 16.1. The van der Waals surface area contributed by atoms with Crippen molar-refractivity contribution in [3.8, 4) is 11.5 Å². The summed E-state index contributed by atoms with van der Waals surface area (Å²) in [5.74, 6) is 0.484. The molecule has 1 aliphatic heterocycles. The lowest BCUT2D eigenvalue weighted by atomic mass is 10.2. The highest BCUT2D eigenvalue weighted by Crippen LogP contribution is 2.31. The van der Waals surface area contributed by atoms with Crippen LogP contribution in [-0.4, -0.2) is 23.6 Å². The van der Waals surface area contributed by atoms with Crippen LogP contribution in [-0.2, 0) is 16.1 Å². The van der Waals surface area contributed by atoms with Crippen LogP contribution >= 0.6 is 0 Å². The number of benzene rings is 2. The minimum atomic E-state index is -0.858. The fourth-order valence-corrected chi connectivity index (χ4v) is 2.14. The third-order valence-corrected chi connectivity index (χ3v) is 3.27. The van der Waals surface area contributed by atoms with Gasteiger partial charge in [0.25, 0.3) is 5.69 Å². The minimum Gasteiger partial charge on any atom is -0.485 e. The quantitative estimate of drug-likeness (QED) is 0.489. The summed E-state index contributed by atoms with van der Waals surface area (Å²) >= 11 is 0. The summed E-state index contributed by atoms with van der Waals surface area (Å²) in [7, 11) is 0. The third-order valence-electron chi connectivity index (χ3n) is 3.27. The van der Waals surface area contributed by atoms with E-state index < -0.39 is 17.0 Å². The Morgan fingerprint density at radius 1 is 1.22 bits per heavy atom. The van der Waals surface area contributed by atoms with Gasteiger partial charge in [0.15, 0.2) is 11.5 Å². The molecule has 0 aliphatic carbocycles. The van der Waals surface area contributed by atoms with Crippen LogP contribution in [0.25, 0.3) is 0 Å². The van der Waals surface area contributed by atoms with Crippen LogP contribution in [0.3, 0.4) is 0 Å². The van der Waals surface area contributed by atoms with Crippen molar-refractivity contribution in [1.82, 2.24) is 0 Å². The summed E-state index contributed by atoms with van der Waals surface area (Å²) in [5, 5.41) is 10.7. The zero-order valence-electron chi connectivity index (χ0n) is 12.0. The Morgan fingerprint density at radius 2 is 2.00 bits per heavy atom. The van der Waals surface area contributed by atoms with Gasteiger partial charge >= 0.3 is 5.97 Å². The molecule has 0 aromatic heterocycles. The Bertz CT molecular complexity index is 745. The van der Waals surface area contributed by atoms with Crippen molar-refractivity contribution >= 4 is 11.7 Å². The molecule has 0 amide bonds. The zero-order chi connectivity index (χ0) is 16.2. The van der Waals surface area contributed by atoms with Crippen molar-refractivity contribution in [2.75, 3.05) is 6.61 Å². The van der Waals surface area contributed by atoms with Crippen LogP contribution in [0.1, 0.15) is 5.56 Å². The highest BCUT2D eigenvalue weighted by atomic mass is 16.6. The summed E-state index contributed by atoms with van der Waals surface area (Å²) in [5.41, 5.74) is 0.481. The second kappa shape index (κ2) is 6.35. The van der Waals surface area contributed by atoms with Gasteiger partial charge in [-0.2, -0.15) is 0 Å². The molecule has 2 aromatic carbocycles. The second-order valence-electron chi connectivity index (χ2n) is 4.90. The van der Waals surface area contributed by atoms with E-state index in [1.165, 1.54) is 18.2 Å². The van der Waals surface area contributed by atoms with Crippen molar-refractivity contribution < 1.29 is 23.9 Å². The lowest BCUT2D eigenvalue weighted by molar-refractivity contribution is -0.384. The van der Waals surface area contributed by atoms with Gasteiger partial charge in [-0.3, -0.25) is 10.1 Å². The fraction of sp³-hybridized carbons (Fsp3) is 0.188. The summed E-state index contributed by atoms with van der Waals surface area (Å²) in [6.45, 7) is -0.00714. The number of hydrogen-bond acceptors (Lipinski definition) is 6. The van der Waals surface area contributed by atoms with Crippen LogP contribution in [0.2, 0.25) is 0 Å². The Labute approximate surface area is 131 Å². The molecule has 0 saturated carbocycles. The summed E-state index contributed by atoms with van der Waals surface area (Å²) in [4.78, 5) is 22.3. The first-order valence-electron chi connectivity index (χ1n) is 6.92. The zero-order valence-corrected chi connectivity index (χ0v) is 12.0. The lowest BCUT2D eigenvalue weighted by Gasteiger charge is -2.24. The number of fused-ring (bicyclic) bond motifs is 1. The first kappa shape index (κ1) is 14.8. The smallest absolute Gasteiger partial charge is 0.351 e. The number of carbonyl (C=O) groups is 1. The Kier molecular flexibility index (Phi) is 4.09. The maximum Gasteiger partial charge on any atom is 0.351 e. The Hall–Kier alpha value is -3.09. The molecule has 1 atom stereocenters. The molecule has 0 unspecified atom stereocenters. The van der Waals surface area contributed by atoms with Gasteiger partial charge in [-0.25, -0.2) is 4.79 Å². The van der Waals surface area contributed by atoms with Gasteiger partial charge < -0.3 is 14.2 Å². The van der Waals surface area contributed by atoms with Gasteiger partial charge in [0.05, 0.1) is 4.92 Å². The number of para-hydroxylation sites is 2. The van der Waals surface area contributed by atoms with Crippen molar-refractivity contribution in [3.63, 3.8) is 0 Å². The van der Waals surface area contributed by atoms with E-state index in [0.717, 1.165) is 0 Å². The van der Waals surface area contributed by atoms with Crippen LogP contribution in [0, 0.1) is 10.1 Å². The van der Waals surface area contributed by atoms with Crippen LogP contribution < -0.4 is 9.47 Å². The van der Waals surface area contributed by atoms with Crippen LogP contribution in [0.4, 0.5) is 5.69 Å². The first-order chi connectivity index (χ1) is 11.1. The average Bonchev–Trinajstić information content (AvgIpc) is 2.59. The molecule has 0 fully saturated rings. The van der Waals surface area contributed by atoms with Crippen molar-refractivity contribution in [3.05, 3.63) is 64.2 Å². The third kappa shape index (κ3) is 3.39. The van der Waals surface area contributed by atoms with Crippen LogP contribution in [0.5, 0.6) is 11.5 Å². The summed E-state index contributed by atoms with van der Waals surface area (Å²) in [6.07, 6.45) is -0.858. The molecule has 0 saturated heterocycles. The number of hydrogen-bond donors (Lipinski definition) is 0. The van der Waals surface area contributed by atoms with E-state index >= 15 is 0 Å². The normalized spacial score (nSPS) is 15.7. The predicted molar refractivity (Wildman–Crippen MR) is 79.2 cm³/mol. The van der Waals surface area contributed by atoms with E-state index in [-0.39, 0.29) is 18.9 Å².